The normalized spacial score (nSPS) is 15.6. The van der Waals surface area contributed by atoms with E-state index in [2.05, 4.69) is 20.3 Å². The molecule has 2 aromatic rings. The molecule has 0 unspecified atom stereocenters. The Hall–Kier alpha value is -2.32. The zero-order chi connectivity index (χ0) is 19.1. The molecule has 7 nitrogen and oxygen atoms in total. The highest BCUT2D eigenvalue weighted by atomic mass is 32.1. The van der Waals surface area contributed by atoms with E-state index < -0.39 is 0 Å². The Bertz CT molecular complexity index is 753. The van der Waals surface area contributed by atoms with Crippen LogP contribution in [0.2, 0.25) is 0 Å². The molecular weight excluding hydrogens is 360 g/mol. The summed E-state index contributed by atoms with van der Waals surface area (Å²) in [5.74, 6) is 1.43. The Kier molecular flexibility index (Phi) is 6.89. The first kappa shape index (κ1) is 19.4. The summed E-state index contributed by atoms with van der Waals surface area (Å²) in [6.45, 7) is 2.41. The number of likely N-dealkylation sites (tertiary alicyclic amines) is 1. The molecular formula is C19H26N6OS. The molecule has 0 spiro atoms. The van der Waals surface area contributed by atoms with Crippen molar-refractivity contribution in [1.29, 1.82) is 0 Å². The van der Waals surface area contributed by atoms with Crippen molar-refractivity contribution in [3.05, 3.63) is 41.8 Å². The summed E-state index contributed by atoms with van der Waals surface area (Å²) in [6.07, 6.45) is 9.90. The van der Waals surface area contributed by atoms with E-state index in [-0.39, 0.29) is 5.91 Å². The maximum absolute atomic E-state index is 12.2. The van der Waals surface area contributed by atoms with E-state index in [1.165, 1.54) is 0 Å². The van der Waals surface area contributed by atoms with Gasteiger partial charge in [-0.3, -0.25) is 4.79 Å². The number of piperidine rings is 1. The van der Waals surface area contributed by atoms with Gasteiger partial charge in [0.25, 0.3) is 0 Å². The Balaban J connectivity index is 1.48. The number of carbonyl (C=O) groups excluding carboxylic acids is 1. The van der Waals surface area contributed by atoms with Gasteiger partial charge in [0.05, 0.1) is 0 Å². The van der Waals surface area contributed by atoms with Crippen molar-refractivity contribution in [2.45, 2.75) is 19.3 Å². The Morgan fingerprint density at radius 2 is 2.15 bits per heavy atom. The summed E-state index contributed by atoms with van der Waals surface area (Å²) in [5, 5.41) is 5.96. The third-order valence-electron chi connectivity index (χ3n) is 4.55. The van der Waals surface area contributed by atoms with Crippen molar-refractivity contribution >= 4 is 28.2 Å². The van der Waals surface area contributed by atoms with Crippen molar-refractivity contribution < 1.29 is 4.79 Å². The molecule has 2 aromatic heterocycles. The molecule has 0 radical (unpaired) electrons. The van der Waals surface area contributed by atoms with Crippen LogP contribution in [-0.2, 0) is 11.2 Å². The first-order valence-electron chi connectivity index (χ1n) is 9.18. The van der Waals surface area contributed by atoms with Crippen LogP contribution < -0.4 is 5.32 Å². The summed E-state index contributed by atoms with van der Waals surface area (Å²) in [5.41, 5.74) is 1.03. The average Bonchev–Trinajstić information content (AvgIpc) is 3.15. The number of thiazole rings is 1. The van der Waals surface area contributed by atoms with Crippen molar-refractivity contribution in [1.82, 2.24) is 24.8 Å². The van der Waals surface area contributed by atoms with Gasteiger partial charge in [0.15, 0.2) is 5.13 Å². The lowest BCUT2D eigenvalue weighted by Crippen LogP contribution is -2.38. The van der Waals surface area contributed by atoms with E-state index in [0.29, 0.717) is 5.92 Å². The molecule has 1 saturated heterocycles. The maximum atomic E-state index is 12.2. The van der Waals surface area contributed by atoms with Crippen LogP contribution in [0.15, 0.2) is 36.1 Å². The van der Waals surface area contributed by atoms with E-state index in [9.17, 15) is 4.79 Å². The van der Waals surface area contributed by atoms with Gasteiger partial charge in [-0.05, 0) is 39.3 Å². The first-order chi connectivity index (χ1) is 13.1. The number of rotatable bonds is 7. The van der Waals surface area contributed by atoms with E-state index in [0.717, 1.165) is 55.5 Å². The summed E-state index contributed by atoms with van der Waals surface area (Å²) in [6, 6.07) is 1.99. The zero-order valence-electron chi connectivity index (χ0n) is 15.8. The summed E-state index contributed by atoms with van der Waals surface area (Å²) < 4.78 is 0. The highest BCUT2D eigenvalue weighted by molar-refractivity contribution is 7.13. The number of nitrogens with one attached hydrogen (secondary N) is 1. The third kappa shape index (κ3) is 6.11. The second-order valence-corrected chi connectivity index (χ2v) is 7.89. The Morgan fingerprint density at radius 1 is 1.33 bits per heavy atom. The number of hydrogen-bond donors (Lipinski definition) is 1. The van der Waals surface area contributed by atoms with Gasteiger partial charge in [0, 0.05) is 49.0 Å². The summed E-state index contributed by atoms with van der Waals surface area (Å²) >= 11 is 1.54. The molecule has 0 aliphatic carbocycles. The van der Waals surface area contributed by atoms with Gasteiger partial charge in [-0.25, -0.2) is 15.0 Å². The second kappa shape index (κ2) is 9.57. The number of amides is 1. The van der Waals surface area contributed by atoms with E-state index in [4.69, 9.17) is 0 Å². The van der Waals surface area contributed by atoms with Gasteiger partial charge in [-0.2, -0.15) is 0 Å². The van der Waals surface area contributed by atoms with E-state index in [1.807, 2.05) is 41.4 Å². The van der Waals surface area contributed by atoms with Crippen molar-refractivity contribution in [3.63, 3.8) is 0 Å². The molecule has 144 valence electrons. The van der Waals surface area contributed by atoms with Crippen LogP contribution in [0.3, 0.4) is 0 Å². The molecule has 1 aliphatic heterocycles. The molecule has 1 fully saturated rings. The number of carbonyl (C=O) groups is 1. The Morgan fingerprint density at radius 3 is 2.85 bits per heavy atom. The van der Waals surface area contributed by atoms with E-state index >= 15 is 0 Å². The summed E-state index contributed by atoms with van der Waals surface area (Å²) in [7, 11) is 3.98. The topological polar surface area (TPSA) is 74.2 Å². The van der Waals surface area contributed by atoms with Gasteiger partial charge in [-0.15, -0.1) is 11.3 Å². The van der Waals surface area contributed by atoms with Crippen LogP contribution in [0.4, 0.5) is 10.9 Å². The van der Waals surface area contributed by atoms with Crippen LogP contribution >= 0.6 is 11.3 Å². The highest BCUT2D eigenvalue weighted by Gasteiger charge is 2.22. The minimum Gasteiger partial charge on any atom is -0.339 e. The number of nitrogens with zero attached hydrogens (tertiary/aromatic N) is 5. The number of likely N-dealkylation sites (N-methyl/N-ethyl adjacent to an activating group) is 1. The average molecular weight is 387 g/mol. The molecule has 0 aromatic carbocycles. The van der Waals surface area contributed by atoms with Gasteiger partial charge >= 0.3 is 0 Å². The van der Waals surface area contributed by atoms with Crippen LogP contribution in [0.25, 0.3) is 0 Å². The largest absolute Gasteiger partial charge is 0.339 e. The van der Waals surface area contributed by atoms with Gasteiger partial charge in [-0.1, -0.05) is 6.08 Å². The highest BCUT2D eigenvalue weighted by Crippen LogP contribution is 2.23. The van der Waals surface area contributed by atoms with Gasteiger partial charge in [0.2, 0.25) is 5.91 Å². The van der Waals surface area contributed by atoms with Gasteiger partial charge < -0.3 is 15.1 Å². The van der Waals surface area contributed by atoms with Crippen LogP contribution in [0.5, 0.6) is 0 Å². The predicted octanol–water partition coefficient (Wildman–Crippen LogP) is 2.58. The van der Waals surface area contributed by atoms with Gasteiger partial charge in [0.1, 0.15) is 12.1 Å². The molecule has 0 bridgehead atoms. The molecule has 0 atom stereocenters. The lowest BCUT2D eigenvalue weighted by atomic mass is 9.92. The van der Waals surface area contributed by atoms with Crippen LogP contribution in [-0.4, -0.2) is 64.4 Å². The van der Waals surface area contributed by atoms with Crippen LogP contribution in [0.1, 0.15) is 18.5 Å². The summed E-state index contributed by atoms with van der Waals surface area (Å²) in [4.78, 5) is 29.1. The molecule has 3 rings (SSSR count). The molecule has 1 amide bonds. The van der Waals surface area contributed by atoms with Crippen LogP contribution in [0, 0.1) is 5.92 Å². The van der Waals surface area contributed by atoms with Crippen molar-refractivity contribution in [2.75, 3.05) is 39.0 Å². The number of anilines is 2. The van der Waals surface area contributed by atoms with E-state index in [1.54, 1.807) is 29.9 Å². The van der Waals surface area contributed by atoms with Crippen molar-refractivity contribution in [3.8, 4) is 0 Å². The number of hydrogen-bond acceptors (Lipinski definition) is 7. The lowest BCUT2D eigenvalue weighted by molar-refractivity contribution is -0.127. The quantitative estimate of drug-likeness (QED) is 0.737. The lowest BCUT2D eigenvalue weighted by Gasteiger charge is -2.31. The van der Waals surface area contributed by atoms with Crippen molar-refractivity contribution in [2.24, 2.45) is 5.92 Å². The maximum Gasteiger partial charge on any atom is 0.246 e. The number of aromatic nitrogens is 3. The molecule has 0 saturated carbocycles. The minimum atomic E-state index is 0.118. The molecule has 8 heteroatoms. The standard InChI is InChI=1S/C19H26N6OS/c1-24(2)8-3-4-18(26)25-9-5-15(6-10-25)12-16-13-17(22-14-21-16)23-19-20-7-11-27-19/h3-4,7,11,13-15H,5-6,8-10,12H2,1-2H3,(H,20,21,22,23)/b4-3+. The molecule has 1 aliphatic rings. The fourth-order valence-corrected chi connectivity index (χ4v) is 3.63. The minimum absolute atomic E-state index is 0.118. The first-order valence-corrected chi connectivity index (χ1v) is 10.1. The third-order valence-corrected chi connectivity index (χ3v) is 5.23. The SMILES string of the molecule is CN(C)C/C=C/C(=O)N1CCC(Cc2cc(Nc3nccs3)ncn2)CC1. The second-order valence-electron chi connectivity index (χ2n) is 6.99. The molecule has 27 heavy (non-hydrogen) atoms. The fraction of sp³-hybridized carbons (Fsp3) is 0.474. The monoisotopic (exact) mass is 386 g/mol. The zero-order valence-corrected chi connectivity index (χ0v) is 16.7. The molecule has 1 N–H and O–H groups in total. The smallest absolute Gasteiger partial charge is 0.246 e. The fourth-order valence-electron chi connectivity index (χ4n) is 3.10. The molecule has 3 heterocycles. The Labute approximate surface area is 164 Å². The predicted molar refractivity (Wildman–Crippen MR) is 108 cm³/mol.